The quantitative estimate of drug-likeness (QED) is 0.698. The smallest absolute Gasteiger partial charge is 0.338 e. The van der Waals surface area contributed by atoms with Crippen molar-refractivity contribution in [2.24, 2.45) is 7.05 Å². The molecule has 1 aliphatic rings. The first kappa shape index (κ1) is 18.0. The Morgan fingerprint density at radius 2 is 1.86 bits per heavy atom. The summed E-state index contributed by atoms with van der Waals surface area (Å²) >= 11 is 0. The molecule has 0 bridgehead atoms. The molecule has 3 aromatic rings. The Morgan fingerprint density at radius 1 is 1.14 bits per heavy atom. The standard InChI is InChI=1S/C20H21N5O3/c1-23-18-16(25(19(23)26)20(27)24-11-3-4-12-24)13-21-17(22-18)10-7-14-5-8-15(28-2)9-6-14/h5-10,13H,3-4,11-12H2,1-2H3. The zero-order valence-corrected chi connectivity index (χ0v) is 15.8. The van der Waals surface area contributed by atoms with Gasteiger partial charge in [0.25, 0.3) is 0 Å². The fraction of sp³-hybridized carbons (Fsp3) is 0.300. The van der Waals surface area contributed by atoms with Gasteiger partial charge in [-0.1, -0.05) is 18.2 Å². The molecule has 0 saturated carbocycles. The molecule has 1 amide bonds. The number of aromatic nitrogens is 4. The Bertz CT molecular complexity index is 1110. The van der Waals surface area contributed by atoms with E-state index in [1.807, 2.05) is 30.3 Å². The molecule has 3 heterocycles. The van der Waals surface area contributed by atoms with Gasteiger partial charge < -0.3 is 9.64 Å². The predicted molar refractivity (Wildman–Crippen MR) is 106 cm³/mol. The van der Waals surface area contributed by atoms with Gasteiger partial charge in [0, 0.05) is 20.1 Å². The number of nitrogens with zero attached hydrogens (tertiary/aromatic N) is 5. The number of carbonyl (C=O) groups excluding carboxylic acids is 1. The van der Waals surface area contributed by atoms with Gasteiger partial charge in [0.15, 0.2) is 11.5 Å². The van der Waals surface area contributed by atoms with Crippen molar-refractivity contribution in [1.82, 2.24) is 24.0 Å². The van der Waals surface area contributed by atoms with Gasteiger partial charge >= 0.3 is 11.7 Å². The minimum atomic E-state index is -0.405. The lowest BCUT2D eigenvalue weighted by Crippen LogP contribution is -2.38. The molecule has 0 radical (unpaired) electrons. The summed E-state index contributed by atoms with van der Waals surface area (Å²) in [4.78, 5) is 35.8. The Labute approximate surface area is 161 Å². The highest BCUT2D eigenvalue weighted by molar-refractivity contribution is 5.88. The topological polar surface area (TPSA) is 82.2 Å². The lowest BCUT2D eigenvalue weighted by molar-refractivity contribution is 0.210. The number of carbonyl (C=O) groups is 1. The van der Waals surface area contributed by atoms with Gasteiger partial charge in [0.2, 0.25) is 0 Å². The van der Waals surface area contributed by atoms with Gasteiger partial charge in [-0.15, -0.1) is 0 Å². The predicted octanol–water partition coefficient (Wildman–Crippen LogP) is 2.37. The molecule has 1 aliphatic heterocycles. The number of hydrogen-bond donors (Lipinski definition) is 0. The minimum absolute atomic E-state index is 0.307. The summed E-state index contributed by atoms with van der Waals surface area (Å²) in [7, 11) is 3.24. The van der Waals surface area contributed by atoms with Crippen LogP contribution < -0.4 is 10.4 Å². The Hall–Kier alpha value is -3.42. The highest BCUT2D eigenvalue weighted by Gasteiger charge is 2.25. The van der Waals surface area contributed by atoms with E-state index in [0.29, 0.717) is 30.1 Å². The van der Waals surface area contributed by atoms with Crippen molar-refractivity contribution in [3.05, 3.63) is 52.3 Å². The Balaban J connectivity index is 1.67. The minimum Gasteiger partial charge on any atom is -0.497 e. The molecule has 1 saturated heterocycles. The molecule has 4 rings (SSSR count). The molecule has 144 valence electrons. The summed E-state index contributed by atoms with van der Waals surface area (Å²) in [5, 5.41) is 0. The van der Waals surface area contributed by atoms with Crippen LogP contribution in [0.4, 0.5) is 4.79 Å². The second-order valence-electron chi connectivity index (χ2n) is 6.70. The second-order valence-corrected chi connectivity index (χ2v) is 6.70. The largest absolute Gasteiger partial charge is 0.497 e. The van der Waals surface area contributed by atoms with Crippen molar-refractivity contribution in [1.29, 1.82) is 0 Å². The van der Waals surface area contributed by atoms with Gasteiger partial charge in [-0.3, -0.25) is 4.57 Å². The van der Waals surface area contributed by atoms with E-state index in [1.165, 1.54) is 10.8 Å². The summed E-state index contributed by atoms with van der Waals surface area (Å²) in [6, 6.07) is 7.29. The Kier molecular flexibility index (Phi) is 4.68. The monoisotopic (exact) mass is 379 g/mol. The summed E-state index contributed by atoms with van der Waals surface area (Å²) in [5.74, 6) is 1.25. The van der Waals surface area contributed by atoms with Crippen LogP contribution in [0.5, 0.6) is 5.75 Å². The normalized spacial score (nSPS) is 14.3. The number of methoxy groups -OCH3 is 1. The number of ether oxygens (including phenoxy) is 1. The first-order chi connectivity index (χ1) is 13.6. The maximum absolute atomic E-state index is 12.7. The average molecular weight is 379 g/mol. The number of rotatable bonds is 3. The molecule has 0 atom stereocenters. The number of fused-ring (bicyclic) bond motifs is 1. The molecule has 8 nitrogen and oxygen atoms in total. The summed E-state index contributed by atoms with van der Waals surface area (Å²) in [6.07, 6.45) is 7.10. The molecule has 0 aliphatic carbocycles. The van der Waals surface area contributed by atoms with E-state index in [2.05, 4.69) is 9.97 Å². The fourth-order valence-corrected chi connectivity index (χ4v) is 3.33. The van der Waals surface area contributed by atoms with E-state index in [1.54, 1.807) is 25.1 Å². The molecular formula is C20H21N5O3. The van der Waals surface area contributed by atoms with Gasteiger partial charge in [0.1, 0.15) is 11.3 Å². The molecule has 1 aromatic carbocycles. The van der Waals surface area contributed by atoms with Crippen LogP contribution in [0.2, 0.25) is 0 Å². The van der Waals surface area contributed by atoms with Crippen LogP contribution in [0, 0.1) is 0 Å². The van der Waals surface area contributed by atoms with Crippen LogP contribution in [-0.4, -0.2) is 50.2 Å². The highest BCUT2D eigenvalue weighted by Crippen LogP contribution is 2.16. The van der Waals surface area contributed by atoms with E-state index < -0.39 is 5.69 Å². The maximum atomic E-state index is 12.7. The zero-order chi connectivity index (χ0) is 19.7. The lowest BCUT2D eigenvalue weighted by Gasteiger charge is -2.14. The zero-order valence-electron chi connectivity index (χ0n) is 15.8. The van der Waals surface area contributed by atoms with Crippen LogP contribution in [-0.2, 0) is 7.05 Å². The first-order valence-corrected chi connectivity index (χ1v) is 9.14. The van der Waals surface area contributed by atoms with E-state index in [9.17, 15) is 9.59 Å². The highest BCUT2D eigenvalue weighted by atomic mass is 16.5. The van der Waals surface area contributed by atoms with Gasteiger partial charge in [-0.2, -0.15) is 0 Å². The SMILES string of the molecule is COc1ccc(C=Cc2ncc3c(n2)n(C)c(=O)n3C(=O)N2CCCC2)cc1. The summed E-state index contributed by atoms with van der Waals surface area (Å²) in [6.45, 7) is 1.34. The lowest BCUT2D eigenvalue weighted by atomic mass is 10.2. The third-order valence-electron chi connectivity index (χ3n) is 4.91. The van der Waals surface area contributed by atoms with Crippen molar-refractivity contribution >= 4 is 29.3 Å². The molecule has 8 heteroatoms. The number of likely N-dealkylation sites (tertiary alicyclic amines) is 1. The van der Waals surface area contributed by atoms with Crippen LogP contribution in [0.3, 0.4) is 0 Å². The van der Waals surface area contributed by atoms with E-state index in [4.69, 9.17) is 4.74 Å². The van der Waals surface area contributed by atoms with Crippen LogP contribution in [0.15, 0.2) is 35.3 Å². The Morgan fingerprint density at radius 3 is 2.54 bits per heavy atom. The molecule has 0 unspecified atom stereocenters. The van der Waals surface area contributed by atoms with Gasteiger partial charge in [-0.05, 0) is 36.6 Å². The van der Waals surface area contributed by atoms with Gasteiger partial charge in [-0.25, -0.2) is 24.1 Å². The van der Waals surface area contributed by atoms with Crippen molar-refractivity contribution in [2.75, 3.05) is 20.2 Å². The third-order valence-corrected chi connectivity index (χ3v) is 4.91. The van der Waals surface area contributed by atoms with Gasteiger partial charge in [0.05, 0.1) is 13.3 Å². The number of aryl methyl sites for hydroxylation is 1. The molecular weight excluding hydrogens is 358 g/mol. The number of amides is 1. The van der Waals surface area contributed by atoms with E-state index in [0.717, 1.165) is 28.7 Å². The van der Waals surface area contributed by atoms with Crippen molar-refractivity contribution in [3.63, 3.8) is 0 Å². The van der Waals surface area contributed by atoms with Crippen molar-refractivity contribution in [3.8, 4) is 5.75 Å². The molecule has 28 heavy (non-hydrogen) atoms. The first-order valence-electron chi connectivity index (χ1n) is 9.14. The number of imidazole rings is 1. The molecule has 1 fully saturated rings. The molecule has 0 N–H and O–H groups in total. The molecule has 0 spiro atoms. The maximum Gasteiger partial charge on any atom is 0.338 e. The van der Waals surface area contributed by atoms with E-state index in [-0.39, 0.29) is 6.03 Å². The average Bonchev–Trinajstić information content (AvgIpc) is 3.34. The summed E-state index contributed by atoms with van der Waals surface area (Å²) < 4.78 is 7.70. The van der Waals surface area contributed by atoms with Crippen LogP contribution >= 0.6 is 0 Å². The molecule has 2 aromatic heterocycles. The fourth-order valence-electron chi connectivity index (χ4n) is 3.33. The van der Waals surface area contributed by atoms with Crippen molar-refractivity contribution < 1.29 is 9.53 Å². The third kappa shape index (κ3) is 3.17. The van der Waals surface area contributed by atoms with Crippen molar-refractivity contribution in [2.45, 2.75) is 12.8 Å². The number of hydrogen-bond acceptors (Lipinski definition) is 5. The number of benzene rings is 1. The summed E-state index contributed by atoms with van der Waals surface area (Å²) in [5.41, 5.74) is 1.42. The van der Waals surface area contributed by atoms with E-state index >= 15 is 0 Å². The van der Waals surface area contributed by atoms with Crippen LogP contribution in [0.1, 0.15) is 24.2 Å². The second kappa shape index (κ2) is 7.30. The van der Waals surface area contributed by atoms with Crippen LogP contribution in [0.25, 0.3) is 23.3 Å².